The number of nitrogens with zero attached hydrogens (tertiary/aromatic N) is 2. The molecule has 2 aromatic rings. The molecule has 4 rings (SSSR count). The number of rotatable bonds is 7. The molecule has 0 radical (unpaired) electrons. The molecule has 0 aromatic carbocycles. The van der Waals surface area contributed by atoms with E-state index in [1.165, 1.54) is 55.0 Å². The van der Waals surface area contributed by atoms with Crippen LogP contribution in [0.25, 0.3) is 0 Å². The van der Waals surface area contributed by atoms with Crippen LogP contribution in [0, 0.1) is 5.41 Å². The zero-order valence-electron chi connectivity index (χ0n) is 14.5. The van der Waals surface area contributed by atoms with Gasteiger partial charge in [-0.1, -0.05) is 13.3 Å². The van der Waals surface area contributed by atoms with Crippen LogP contribution in [0.4, 0.5) is 0 Å². The number of nitrogens with one attached hydrogen (secondary N) is 1. The molecule has 1 saturated heterocycles. The van der Waals surface area contributed by atoms with Gasteiger partial charge in [-0.15, -0.1) is 11.3 Å². The summed E-state index contributed by atoms with van der Waals surface area (Å²) >= 11 is 3.66. The van der Waals surface area contributed by atoms with Gasteiger partial charge in [0.1, 0.15) is 5.01 Å². The van der Waals surface area contributed by atoms with Crippen molar-refractivity contribution in [1.82, 2.24) is 15.2 Å². The summed E-state index contributed by atoms with van der Waals surface area (Å²) in [7, 11) is 0. The molecule has 0 amide bonds. The van der Waals surface area contributed by atoms with Gasteiger partial charge in [-0.25, -0.2) is 4.98 Å². The van der Waals surface area contributed by atoms with E-state index in [4.69, 9.17) is 4.98 Å². The SMILES string of the molecule is CCCc1csc(CN(Cc2ccsc2)C2CC23CCNCC3)n1. The number of hydrogen-bond donors (Lipinski definition) is 1. The maximum atomic E-state index is 4.88. The van der Waals surface area contributed by atoms with E-state index in [0.717, 1.165) is 25.6 Å². The molecule has 2 fully saturated rings. The Morgan fingerprint density at radius 2 is 2.17 bits per heavy atom. The molecule has 5 heteroatoms. The third-order valence-electron chi connectivity index (χ3n) is 5.60. The Balaban J connectivity index is 1.47. The highest BCUT2D eigenvalue weighted by molar-refractivity contribution is 7.09. The average molecular weight is 362 g/mol. The molecule has 1 aliphatic carbocycles. The first kappa shape index (κ1) is 16.7. The van der Waals surface area contributed by atoms with Crippen LogP contribution in [0.2, 0.25) is 0 Å². The Kier molecular flexibility index (Phi) is 5.04. The van der Waals surface area contributed by atoms with Gasteiger partial charge in [0.25, 0.3) is 0 Å². The molecule has 24 heavy (non-hydrogen) atoms. The fourth-order valence-electron chi connectivity index (χ4n) is 4.16. The number of aryl methyl sites for hydroxylation is 1. The summed E-state index contributed by atoms with van der Waals surface area (Å²) in [4.78, 5) is 7.59. The van der Waals surface area contributed by atoms with Gasteiger partial charge in [0, 0.05) is 18.0 Å². The molecule has 1 atom stereocenters. The van der Waals surface area contributed by atoms with Crippen LogP contribution >= 0.6 is 22.7 Å². The molecule has 3 nitrogen and oxygen atoms in total. The third-order valence-corrected chi connectivity index (χ3v) is 7.21. The van der Waals surface area contributed by atoms with Crippen LogP contribution in [0.5, 0.6) is 0 Å². The second kappa shape index (κ2) is 7.24. The van der Waals surface area contributed by atoms with Crippen LogP contribution in [0.15, 0.2) is 22.2 Å². The van der Waals surface area contributed by atoms with E-state index < -0.39 is 0 Å². The minimum Gasteiger partial charge on any atom is -0.317 e. The molecular weight excluding hydrogens is 334 g/mol. The Hall–Kier alpha value is -0.750. The van der Waals surface area contributed by atoms with Gasteiger partial charge in [-0.2, -0.15) is 11.3 Å². The zero-order chi connectivity index (χ0) is 16.4. The predicted molar refractivity (Wildman–Crippen MR) is 103 cm³/mol. The minimum absolute atomic E-state index is 0.588. The number of hydrogen-bond acceptors (Lipinski definition) is 5. The van der Waals surface area contributed by atoms with E-state index in [0.29, 0.717) is 5.41 Å². The van der Waals surface area contributed by atoms with E-state index in [2.05, 4.69) is 39.3 Å². The Labute approximate surface area is 153 Å². The van der Waals surface area contributed by atoms with E-state index >= 15 is 0 Å². The molecule has 130 valence electrons. The van der Waals surface area contributed by atoms with Crippen LogP contribution in [0.3, 0.4) is 0 Å². The van der Waals surface area contributed by atoms with Crippen molar-refractivity contribution in [1.29, 1.82) is 0 Å². The molecule has 1 N–H and O–H groups in total. The topological polar surface area (TPSA) is 28.2 Å². The van der Waals surface area contributed by atoms with Crippen LogP contribution in [-0.2, 0) is 19.5 Å². The lowest BCUT2D eigenvalue weighted by Crippen LogP contribution is -2.35. The number of piperidine rings is 1. The number of thiophene rings is 1. The largest absolute Gasteiger partial charge is 0.317 e. The van der Waals surface area contributed by atoms with E-state index in [1.54, 1.807) is 0 Å². The highest BCUT2D eigenvalue weighted by Crippen LogP contribution is 2.56. The lowest BCUT2D eigenvalue weighted by Gasteiger charge is -2.29. The van der Waals surface area contributed by atoms with Gasteiger partial charge in [0.05, 0.1) is 12.2 Å². The fraction of sp³-hybridized carbons (Fsp3) is 0.632. The number of aromatic nitrogens is 1. The summed E-state index contributed by atoms with van der Waals surface area (Å²) in [6.45, 7) is 6.71. The molecular formula is C19H27N3S2. The molecule has 2 aliphatic rings. The molecule has 0 bridgehead atoms. The van der Waals surface area contributed by atoms with E-state index in [9.17, 15) is 0 Å². The molecule has 1 unspecified atom stereocenters. The van der Waals surface area contributed by atoms with Crippen molar-refractivity contribution >= 4 is 22.7 Å². The summed E-state index contributed by atoms with van der Waals surface area (Å²) in [5, 5.41) is 11.6. The van der Waals surface area contributed by atoms with Crippen molar-refractivity contribution in [3.05, 3.63) is 38.5 Å². The molecule has 1 spiro atoms. The summed E-state index contributed by atoms with van der Waals surface area (Å²) in [5.74, 6) is 0. The second-order valence-corrected chi connectivity index (χ2v) is 9.07. The standard InChI is InChI=1S/C19H27N3S2/c1-2-3-16-14-24-18(21-16)12-22(11-15-4-9-23-13-15)17-10-19(17)5-7-20-8-6-19/h4,9,13-14,17,20H,2-3,5-8,10-12H2,1H3. The van der Waals surface area contributed by atoms with Gasteiger partial charge in [0.15, 0.2) is 0 Å². The lowest BCUT2D eigenvalue weighted by molar-refractivity contribution is 0.188. The van der Waals surface area contributed by atoms with E-state index in [-0.39, 0.29) is 0 Å². The molecule has 2 aromatic heterocycles. The Morgan fingerprint density at radius 1 is 1.29 bits per heavy atom. The quantitative estimate of drug-likeness (QED) is 0.797. The maximum absolute atomic E-state index is 4.88. The maximum Gasteiger partial charge on any atom is 0.107 e. The molecule has 1 aliphatic heterocycles. The normalized spacial score (nSPS) is 22.3. The Bertz CT molecular complexity index is 643. The second-order valence-electron chi connectivity index (χ2n) is 7.35. The van der Waals surface area contributed by atoms with Crippen LogP contribution < -0.4 is 5.32 Å². The zero-order valence-corrected chi connectivity index (χ0v) is 16.1. The number of thiazole rings is 1. The van der Waals surface area contributed by atoms with Gasteiger partial charge >= 0.3 is 0 Å². The highest BCUT2D eigenvalue weighted by Gasteiger charge is 2.56. The summed E-state index contributed by atoms with van der Waals surface area (Å²) in [5.41, 5.74) is 3.33. The smallest absolute Gasteiger partial charge is 0.107 e. The first-order valence-corrected chi connectivity index (χ1v) is 11.0. The summed E-state index contributed by atoms with van der Waals surface area (Å²) in [6.07, 6.45) is 6.36. The van der Waals surface area contributed by atoms with Crippen molar-refractivity contribution in [3.63, 3.8) is 0 Å². The fourth-order valence-corrected chi connectivity index (χ4v) is 5.68. The van der Waals surface area contributed by atoms with E-state index in [1.807, 2.05) is 22.7 Å². The van der Waals surface area contributed by atoms with Gasteiger partial charge in [0.2, 0.25) is 0 Å². The molecule has 3 heterocycles. The van der Waals surface area contributed by atoms with Crippen molar-refractivity contribution < 1.29 is 0 Å². The summed E-state index contributed by atoms with van der Waals surface area (Å²) in [6, 6.07) is 3.03. The first-order chi connectivity index (χ1) is 11.8. The monoisotopic (exact) mass is 361 g/mol. The first-order valence-electron chi connectivity index (χ1n) is 9.18. The van der Waals surface area contributed by atoms with Crippen molar-refractivity contribution in [2.24, 2.45) is 5.41 Å². The van der Waals surface area contributed by atoms with Gasteiger partial charge in [-0.3, -0.25) is 4.90 Å². The Morgan fingerprint density at radius 3 is 2.92 bits per heavy atom. The minimum atomic E-state index is 0.588. The van der Waals surface area contributed by atoms with Crippen molar-refractivity contribution in [2.75, 3.05) is 13.1 Å². The van der Waals surface area contributed by atoms with Crippen molar-refractivity contribution in [2.45, 2.75) is 58.2 Å². The van der Waals surface area contributed by atoms with Crippen LogP contribution in [0.1, 0.15) is 48.9 Å². The summed E-state index contributed by atoms with van der Waals surface area (Å²) < 4.78 is 0. The predicted octanol–water partition coefficient (Wildman–Crippen LogP) is 4.30. The van der Waals surface area contributed by atoms with Gasteiger partial charge < -0.3 is 5.32 Å². The third kappa shape index (κ3) is 3.59. The van der Waals surface area contributed by atoms with Crippen LogP contribution in [-0.4, -0.2) is 29.0 Å². The van der Waals surface area contributed by atoms with Crippen molar-refractivity contribution in [3.8, 4) is 0 Å². The lowest BCUT2D eigenvalue weighted by atomic mass is 9.93. The highest BCUT2D eigenvalue weighted by atomic mass is 32.1. The average Bonchev–Trinajstić information content (AvgIpc) is 2.98. The van der Waals surface area contributed by atoms with Gasteiger partial charge in [-0.05, 0) is 66.6 Å². The molecule has 1 saturated carbocycles.